The van der Waals surface area contributed by atoms with Gasteiger partial charge in [0.15, 0.2) is 0 Å². The van der Waals surface area contributed by atoms with Crippen molar-refractivity contribution in [1.29, 1.82) is 0 Å². The average molecular weight is 228 g/mol. The third-order valence-electron chi connectivity index (χ3n) is 2.39. The third-order valence-corrected chi connectivity index (χ3v) is 2.39. The van der Waals surface area contributed by atoms with E-state index in [-0.39, 0.29) is 11.7 Å². The number of aromatic hydroxyl groups is 1. The molecule has 0 saturated carbocycles. The van der Waals surface area contributed by atoms with Crippen molar-refractivity contribution in [3.63, 3.8) is 0 Å². The maximum absolute atomic E-state index is 11.8. The molecule has 0 unspecified atom stereocenters. The van der Waals surface area contributed by atoms with E-state index in [1.165, 1.54) is 12.3 Å². The fourth-order valence-corrected chi connectivity index (χ4v) is 1.39. The quantitative estimate of drug-likeness (QED) is 0.829. The number of anilines is 1. The van der Waals surface area contributed by atoms with E-state index in [1.54, 1.807) is 37.4 Å². The molecule has 0 saturated heterocycles. The maximum Gasteiger partial charge on any atom is 0.257 e. The average Bonchev–Trinajstić information content (AvgIpc) is 2.35. The van der Waals surface area contributed by atoms with Crippen molar-refractivity contribution in [2.45, 2.75) is 6.92 Å². The van der Waals surface area contributed by atoms with Gasteiger partial charge in [0.25, 0.3) is 5.91 Å². The molecule has 0 radical (unpaired) electrons. The number of phenolic OH excluding ortho intramolecular Hbond substituents is 1. The molecule has 86 valence electrons. The molecule has 4 heteroatoms. The first-order valence-electron chi connectivity index (χ1n) is 5.18. The van der Waals surface area contributed by atoms with Gasteiger partial charge in [-0.25, -0.2) is 0 Å². The summed E-state index contributed by atoms with van der Waals surface area (Å²) in [6.45, 7) is 1.79. The first-order chi connectivity index (χ1) is 8.16. The number of hydrogen-bond acceptors (Lipinski definition) is 3. The van der Waals surface area contributed by atoms with E-state index in [1.807, 2.05) is 0 Å². The van der Waals surface area contributed by atoms with Crippen LogP contribution in [0.3, 0.4) is 0 Å². The number of aromatic nitrogens is 1. The van der Waals surface area contributed by atoms with Gasteiger partial charge in [0.2, 0.25) is 0 Å². The number of benzene rings is 1. The minimum atomic E-state index is -0.249. The van der Waals surface area contributed by atoms with Crippen LogP contribution in [0, 0.1) is 6.92 Å². The number of amides is 1. The van der Waals surface area contributed by atoms with Crippen molar-refractivity contribution >= 4 is 11.6 Å². The Bertz CT molecular complexity index is 538. The zero-order chi connectivity index (χ0) is 12.3. The molecule has 0 bridgehead atoms. The largest absolute Gasteiger partial charge is 0.508 e. The minimum Gasteiger partial charge on any atom is -0.508 e. The van der Waals surface area contributed by atoms with Crippen molar-refractivity contribution < 1.29 is 9.90 Å². The van der Waals surface area contributed by atoms with Gasteiger partial charge >= 0.3 is 0 Å². The second-order valence-corrected chi connectivity index (χ2v) is 3.70. The molecule has 4 nitrogen and oxygen atoms in total. The van der Waals surface area contributed by atoms with Gasteiger partial charge in [0, 0.05) is 24.1 Å². The molecule has 17 heavy (non-hydrogen) atoms. The van der Waals surface area contributed by atoms with Gasteiger partial charge in [-0.3, -0.25) is 9.78 Å². The summed E-state index contributed by atoms with van der Waals surface area (Å²) in [5.41, 5.74) is 1.80. The molecule has 1 heterocycles. The highest BCUT2D eigenvalue weighted by Crippen LogP contribution is 2.21. The molecule has 2 rings (SSSR count). The Labute approximate surface area is 98.9 Å². The van der Waals surface area contributed by atoms with E-state index in [9.17, 15) is 9.90 Å². The van der Waals surface area contributed by atoms with Crippen LogP contribution in [0.15, 0.2) is 42.7 Å². The lowest BCUT2D eigenvalue weighted by Crippen LogP contribution is -2.11. The number of phenols is 1. The second kappa shape index (κ2) is 4.65. The standard InChI is InChI=1S/C13H12N2O2/c1-9-4-5-11(7-12(9)16)15-13(17)10-3-2-6-14-8-10/h2-8,16H,1H3,(H,15,17). The van der Waals surface area contributed by atoms with E-state index in [0.29, 0.717) is 11.3 Å². The number of aryl methyl sites for hydroxylation is 1. The van der Waals surface area contributed by atoms with E-state index in [2.05, 4.69) is 10.3 Å². The van der Waals surface area contributed by atoms with Crippen LogP contribution >= 0.6 is 0 Å². The summed E-state index contributed by atoms with van der Waals surface area (Å²) in [4.78, 5) is 15.6. The number of rotatable bonds is 2. The van der Waals surface area contributed by atoms with E-state index in [0.717, 1.165) is 5.56 Å². The monoisotopic (exact) mass is 228 g/mol. The highest BCUT2D eigenvalue weighted by molar-refractivity contribution is 6.04. The fraction of sp³-hybridized carbons (Fsp3) is 0.0769. The first kappa shape index (κ1) is 11.1. The van der Waals surface area contributed by atoms with E-state index in [4.69, 9.17) is 0 Å². The van der Waals surface area contributed by atoms with E-state index < -0.39 is 0 Å². The second-order valence-electron chi connectivity index (χ2n) is 3.70. The Morgan fingerprint density at radius 2 is 2.18 bits per heavy atom. The molecule has 0 aliphatic rings. The zero-order valence-corrected chi connectivity index (χ0v) is 9.34. The summed E-state index contributed by atoms with van der Waals surface area (Å²) in [7, 11) is 0. The number of hydrogen-bond donors (Lipinski definition) is 2. The van der Waals surface area contributed by atoms with Crippen LogP contribution in [-0.2, 0) is 0 Å². The Morgan fingerprint density at radius 1 is 1.35 bits per heavy atom. The number of carbonyl (C=O) groups is 1. The summed E-state index contributed by atoms with van der Waals surface area (Å²) in [5, 5.41) is 12.2. The van der Waals surface area contributed by atoms with Crippen LogP contribution < -0.4 is 5.32 Å². The van der Waals surface area contributed by atoms with Gasteiger partial charge in [-0.2, -0.15) is 0 Å². The molecule has 1 aromatic carbocycles. The van der Waals surface area contributed by atoms with Crippen LogP contribution in [0.4, 0.5) is 5.69 Å². The Hall–Kier alpha value is -2.36. The molecule has 0 spiro atoms. The van der Waals surface area contributed by atoms with Crippen molar-refractivity contribution in [3.8, 4) is 5.75 Å². The maximum atomic E-state index is 11.8. The minimum absolute atomic E-state index is 0.161. The van der Waals surface area contributed by atoms with Gasteiger partial charge < -0.3 is 10.4 Å². The number of carbonyl (C=O) groups excluding carboxylic acids is 1. The van der Waals surface area contributed by atoms with Crippen LogP contribution in [0.25, 0.3) is 0 Å². The highest BCUT2D eigenvalue weighted by Gasteiger charge is 2.06. The summed E-state index contributed by atoms with van der Waals surface area (Å²) >= 11 is 0. The summed E-state index contributed by atoms with van der Waals surface area (Å²) in [5.74, 6) is -0.0876. The fourth-order valence-electron chi connectivity index (χ4n) is 1.39. The lowest BCUT2D eigenvalue weighted by molar-refractivity contribution is 0.102. The van der Waals surface area contributed by atoms with Gasteiger partial charge in [0.05, 0.1) is 5.56 Å². The smallest absolute Gasteiger partial charge is 0.257 e. The van der Waals surface area contributed by atoms with Gasteiger partial charge in [-0.1, -0.05) is 6.07 Å². The predicted molar refractivity (Wildman–Crippen MR) is 65.0 cm³/mol. The van der Waals surface area contributed by atoms with Crippen molar-refractivity contribution in [2.24, 2.45) is 0 Å². The number of nitrogens with zero attached hydrogens (tertiary/aromatic N) is 1. The lowest BCUT2D eigenvalue weighted by atomic mass is 10.2. The summed E-state index contributed by atoms with van der Waals surface area (Å²) in [6, 6.07) is 8.37. The summed E-state index contributed by atoms with van der Waals surface area (Å²) < 4.78 is 0. The SMILES string of the molecule is Cc1ccc(NC(=O)c2cccnc2)cc1O. The lowest BCUT2D eigenvalue weighted by Gasteiger charge is -2.06. The molecule has 2 N–H and O–H groups in total. The normalized spacial score (nSPS) is 9.94. The van der Waals surface area contributed by atoms with Crippen LogP contribution in [-0.4, -0.2) is 16.0 Å². The van der Waals surface area contributed by atoms with E-state index >= 15 is 0 Å². The van der Waals surface area contributed by atoms with Gasteiger partial charge in [-0.15, -0.1) is 0 Å². The first-order valence-corrected chi connectivity index (χ1v) is 5.18. The zero-order valence-electron chi connectivity index (χ0n) is 9.34. The van der Waals surface area contributed by atoms with Gasteiger partial charge in [0.1, 0.15) is 5.75 Å². The molecule has 1 aromatic heterocycles. The molecule has 0 aliphatic heterocycles. The predicted octanol–water partition coefficient (Wildman–Crippen LogP) is 2.35. The highest BCUT2D eigenvalue weighted by atomic mass is 16.3. The van der Waals surface area contributed by atoms with Crippen molar-refractivity contribution in [3.05, 3.63) is 53.9 Å². The molecule has 0 aliphatic carbocycles. The van der Waals surface area contributed by atoms with Crippen LogP contribution in [0.1, 0.15) is 15.9 Å². The summed E-state index contributed by atoms with van der Waals surface area (Å²) in [6.07, 6.45) is 3.10. The number of nitrogens with one attached hydrogen (secondary N) is 1. The number of pyridine rings is 1. The molecule has 0 atom stereocenters. The van der Waals surface area contributed by atoms with Gasteiger partial charge in [-0.05, 0) is 30.7 Å². The third kappa shape index (κ3) is 2.60. The van der Waals surface area contributed by atoms with Crippen LogP contribution in [0.2, 0.25) is 0 Å². The molecular formula is C13H12N2O2. The Balaban J connectivity index is 2.16. The Morgan fingerprint density at radius 3 is 2.82 bits per heavy atom. The molecule has 2 aromatic rings. The topological polar surface area (TPSA) is 62.2 Å². The van der Waals surface area contributed by atoms with Crippen molar-refractivity contribution in [2.75, 3.05) is 5.32 Å². The Kier molecular flexibility index (Phi) is 3.05. The molecule has 0 fully saturated rings. The molecular weight excluding hydrogens is 216 g/mol. The molecule has 1 amide bonds. The van der Waals surface area contributed by atoms with Crippen molar-refractivity contribution in [1.82, 2.24) is 4.98 Å². The van der Waals surface area contributed by atoms with Crippen LogP contribution in [0.5, 0.6) is 5.75 Å².